The van der Waals surface area contributed by atoms with Crippen molar-refractivity contribution in [1.82, 2.24) is 47.1 Å². The molecule has 1 aromatic heterocycles. The van der Waals surface area contributed by atoms with E-state index in [0.29, 0.717) is 17.5 Å². The topological polar surface area (TPSA) is 440 Å². The summed E-state index contributed by atoms with van der Waals surface area (Å²) in [5.41, 5.74) is 24.9. The molecule has 1 saturated heterocycles. The van der Waals surface area contributed by atoms with Gasteiger partial charge in [-0.3, -0.25) is 52.9 Å². The molecular weight excluding hydrogens is 1080 g/mol. The summed E-state index contributed by atoms with van der Waals surface area (Å²) >= 11 is 0. The van der Waals surface area contributed by atoms with Crippen molar-refractivity contribution in [2.45, 2.75) is 121 Å². The number of aliphatic imine (C=N–C) groups is 1. The molecule has 7 atom stereocenters. The number of phenols is 1. The first-order valence-corrected chi connectivity index (χ1v) is 27.2. The molecule has 3 aromatic carbocycles. The van der Waals surface area contributed by atoms with E-state index in [-0.39, 0.29) is 88.7 Å². The Morgan fingerprint density at radius 1 is 0.711 bits per heavy atom. The number of likely N-dealkylation sites (tertiary alicyclic amines) is 1. The van der Waals surface area contributed by atoms with Crippen LogP contribution in [0.15, 0.2) is 90.1 Å². The lowest BCUT2D eigenvalue weighted by Crippen LogP contribution is -2.60. The van der Waals surface area contributed by atoms with Crippen molar-refractivity contribution in [2.75, 3.05) is 32.8 Å². The standard InChI is InChI=1S/C56H76N14O13/c1-32(2)24-41(51(78)66-40(14-8-22-61-56(59)60)55(82)70-23-9-15-45(70)54(81)63-28-46(58)73)65-47(74)29-64-50(77)42(25-33-16-18-36(72)19-17-33)68-53(80)44(30-71)69-52(79)43(26-35-27-62-39-13-7-6-12-37(35)39)67-49(76)38(57)20-21-48(75)83-31-34-10-4-3-5-11-34/h3-7,10-13,16-19,27,32,38,40-45,62,71-72H,8-9,14-15,20-26,28-31,57H2,1-2H3,(H2,58,73)(H,63,81)(H,64,77)(H,65,74)(H,66,78)(H,67,76)(H,68,80)(H,69,79)(H4,59,60,61)/t38-,40-,41-,42-,43-,44-,45-/m0/s1. The van der Waals surface area contributed by atoms with E-state index in [2.05, 4.69) is 47.2 Å². The highest BCUT2D eigenvalue weighted by Crippen LogP contribution is 2.22. The zero-order valence-electron chi connectivity index (χ0n) is 46.4. The number of nitrogens with one attached hydrogen (secondary N) is 8. The van der Waals surface area contributed by atoms with Crippen molar-refractivity contribution in [2.24, 2.45) is 33.8 Å². The normalized spacial score (nSPS) is 15.0. The van der Waals surface area contributed by atoms with Crippen molar-refractivity contribution in [3.63, 3.8) is 0 Å². The number of hydrogen-bond donors (Lipinski definition) is 14. The number of esters is 1. The first-order valence-electron chi connectivity index (χ1n) is 27.2. The number of aliphatic hydroxyl groups excluding tert-OH is 1. The Labute approximate surface area is 479 Å². The molecule has 0 spiro atoms. The van der Waals surface area contributed by atoms with E-state index >= 15 is 0 Å². The molecular formula is C56H76N14O13. The van der Waals surface area contributed by atoms with Crippen molar-refractivity contribution in [1.29, 1.82) is 0 Å². The minimum Gasteiger partial charge on any atom is -0.508 e. The zero-order chi connectivity index (χ0) is 60.6. The van der Waals surface area contributed by atoms with Crippen LogP contribution in [-0.4, -0.2) is 160 Å². The lowest BCUT2D eigenvalue weighted by Gasteiger charge is -2.30. The monoisotopic (exact) mass is 1150 g/mol. The molecule has 27 heteroatoms. The smallest absolute Gasteiger partial charge is 0.306 e. The summed E-state index contributed by atoms with van der Waals surface area (Å²) < 4.78 is 5.31. The predicted molar refractivity (Wildman–Crippen MR) is 303 cm³/mol. The number of H-pyrrole nitrogens is 1. The zero-order valence-corrected chi connectivity index (χ0v) is 46.4. The van der Waals surface area contributed by atoms with Crippen molar-refractivity contribution >= 4 is 76.0 Å². The minimum atomic E-state index is -1.72. The summed E-state index contributed by atoms with van der Waals surface area (Å²) in [5.74, 6) is -8.35. The van der Waals surface area contributed by atoms with Gasteiger partial charge in [0.1, 0.15) is 48.6 Å². The molecule has 1 aliphatic heterocycles. The number of para-hydroxylation sites is 1. The van der Waals surface area contributed by atoms with E-state index in [4.69, 9.17) is 27.7 Å². The largest absolute Gasteiger partial charge is 0.508 e. The number of fused-ring (bicyclic) bond motifs is 1. The summed E-state index contributed by atoms with van der Waals surface area (Å²) in [6.45, 7) is 1.70. The van der Waals surface area contributed by atoms with Crippen LogP contribution in [-0.2, 0) is 72.1 Å². The van der Waals surface area contributed by atoms with Crippen molar-refractivity contribution in [3.05, 3.63) is 102 Å². The van der Waals surface area contributed by atoms with Crippen LogP contribution >= 0.6 is 0 Å². The maximum atomic E-state index is 14.2. The van der Waals surface area contributed by atoms with E-state index < -0.39 is 121 Å². The lowest BCUT2D eigenvalue weighted by atomic mass is 10.0. The molecule has 9 amide bonds. The number of guanidine groups is 1. The van der Waals surface area contributed by atoms with Crippen LogP contribution in [0.25, 0.3) is 10.9 Å². The molecule has 4 aromatic rings. The molecule has 0 bridgehead atoms. The van der Waals surface area contributed by atoms with Gasteiger partial charge < -0.3 is 85.0 Å². The average Bonchev–Trinajstić information content (AvgIpc) is 4.28. The number of aromatic amines is 1. The number of aromatic hydroxyl groups is 1. The fourth-order valence-corrected chi connectivity index (χ4v) is 9.11. The van der Waals surface area contributed by atoms with Gasteiger partial charge in [0.25, 0.3) is 0 Å². The quantitative estimate of drug-likeness (QED) is 0.0106. The summed E-state index contributed by atoms with van der Waals surface area (Å²) in [7, 11) is 0. The predicted octanol–water partition coefficient (Wildman–Crippen LogP) is -2.27. The molecule has 0 aliphatic carbocycles. The third kappa shape index (κ3) is 21.1. The van der Waals surface area contributed by atoms with E-state index in [1.54, 1.807) is 62.5 Å². The Kier molecular flexibility index (Phi) is 25.2. The van der Waals surface area contributed by atoms with Crippen LogP contribution in [0.1, 0.15) is 75.5 Å². The number of benzene rings is 3. The Morgan fingerprint density at radius 3 is 2.04 bits per heavy atom. The maximum absolute atomic E-state index is 14.2. The molecule has 448 valence electrons. The van der Waals surface area contributed by atoms with Crippen LogP contribution in [0.5, 0.6) is 5.75 Å². The number of nitrogens with zero attached hydrogens (tertiary/aromatic N) is 2. The summed E-state index contributed by atoms with van der Waals surface area (Å²) in [6, 6.07) is 12.5. The number of primary amides is 1. The molecule has 18 N–H and O–H groups in total. The van der Waals surface area contributed by atoms with Gasteiger partial charge in [0.05, 0.1) is 25.7 Å². The average molecular weight is 1150 g/mol. The Morgan fingerprint density at radius 2 is 1.35 bits per heavy atom. The first-order chi connectivity index (χ1) is 39.6. The van der Waals surface area contributed by atoms with E-state index in [0.717, 1.165) is 16.5 Å². The molecule has 0 radical (unpaired) electrons. The number of nitrogens with two attached hydrogens (primary N) is 4. The molecule has 27 nitrogen and oxygen atoms in total. The van der Waals surface area contributed by atoms with Gasteiger partial charge in [-0.25, -0.2) is 0 Å². The Hall–Kier alpha value is -9.11. The number of phenolic OH excluding ortho intramolecular Hbond substituents is 1. The highest BCUT2D eigenvalue weighted by molar-refractivity contribution is 5.98. The second-order valence-corrected chi connectivity index (χ2v) is 20.4. The number of aromatic nitrogens is 1. The third-order valence-corrected chi connectivity index (χ3v) is 13.4. The highest BCUT2D eigenvalue weighted by atomic mass is 16.5. The fraction of sp³-hybridized carbons (Fsp3) is 0.446. The summed E-state index contributed by atoms with van der Waals surface area (Å²) in [6.07, 6.45) is 1.99. The van der Waals surface area contributed by atoms with E-state index in [1.807, 2.05) is 12.1 Å². The lowest BCUT2D eigenvalue weighted by molar-refractivity contribution is -0.145. The van der Waals surface area contributed by atoms with Gasteiger partial charge in [-0.2, -0.15) is 0 Å². The van der Waals surface area contributed by atoms with E-state index in [1.165, 1.54) is 29.2 Å². The van der Waals surface area contributed by atoms with Gasteiger partial charge in [-0.15, -0.1) is 0 Å². The molecule has 0 unspecified atom stereocenters. The van der Waals surface area contributed by atoms with Gasteiger partial charge in [0.15, 0.2) is 5.96 Å². The number of rotatable bonds is 32. The van der Waals surface area contributed by atoms with Crippen LogP contribution in [0.4, 0.5) is 0 Å². The van der Waals surface area contributed by atoms with Crippen LogP contribution in [0.2, 0.25) is 0 Å². The molecule has 0 saturated carbocycles. The SMILES string of the molecule is CC(C)C[C@H](NC(=O)CNC(=O)[C@H](Cc1ccc(O)cc1)NC(=O)[C@H](CO)NC(=O)[C@H](Cc1c[nH]c2ccccc12)NC(=O)[C@@H](N)CCC(=O)OCc1ccccc1)C(=O)N[C@@H](CCCN=C(N)N)C(=O)N1CCC[C@H]1C(=O)NCC(N)=O. The second kappa shape index (κ2) is 32.4. The van der Waals surface area contributed by atoms with Gasteiger partial charge in [0, 0.05) is 49.5 Å². The van der Waals surface area contributed by atoms with Gasteiger partial charge in [0.2, 0.25) is 53.2 Å². The number of amides is 9. The van der Waals surface area contributed by atoms with Gasteiger partial charge in [-0.05, 0) is 79.3 Å². The third-order valence-electron chi connectivity index (χ3n) is 13.4. The van der Waals surface area contributed by atoms with Crippen LogP contribution < -0.4 is 60.2 Å². The minimum absolute atomic E-state index is 0.0166. The molecule has 5 rings (SSSR count). The number of aliphatic hydroxyl groups is 1. The first kappa shape index (κ1) is 64.7. The Bertz CT molecular complexity index is 2920. The fourth-order valence-electron chi connectivity index (χ4n) is 9.11. The summed E-state index contributed by atoms with van der Waals surface area (Å²) in [5, 5.41) is 39.0. The Balaban J connectivity index is 1.27. The van der Waals surface area contributed by atoms with Crippen molar-refractivity contribution < 1.29 is 62.9 Å². The van der Waals surface area contributed by atoms with Crippen molar-refractivity contribution in [3.8, 4) is 5.75 Å². The second-order valence-electron chi connectivity index (χ2n) is 20.4. The molecule has 83 heavy (non-hydrogen) atoms. The number of ether oxygens (including phenoxy) is 1. The highest BCUT2D eigenvalue weighted by Gasteiger charge is 2.39. The van der Waals surface area contributed by atoms with E-state index in [9.17, 15) is 58.2 Å². The number of hydrogen-bond acceptors (Lipinski definition) is 15. The number of carbonyl (C=O) groups excluding carboxylic acids is 10. The maximum Gasteiger partial charge on any atom is 0.306 e. The van der Waals surface area contributed by atoms with Gasteiger partial charge >= 0.3 is 5.97 Å². The van der Waals surface area contributed by atoms with Crippen LogP contribution in [0.3, 0.4) is 0 Å². The van der Waals surface area contributed by atoms with Gasteiger partial charge in [-0.1, -0.05) is 74.5 Å². The summed E-state index contributed by atoms with van der Waals surface area (Å²) in [4.78, 5) is 143. The molecule has 1 fully saturated rings. The molecule has 1 aliphatic rings. The number of carbonyl (C=O) groups is 10. The van der Waals surface area contributed by atoms with Crippen LogP contribution in [0, 0.1) is 5.92 Å². The molecule has 2 heterocycles.